The van der Waals surface area contributed by atoms with E-state index < -0.39 is 61.4 Å². The van der Waals surface area contributed by atoms with E-state index in [1.807, 2.05) is 18.2 Å². The fourth-order valence-electron chi connectivity index (χ4n) is 5.74. The lowest BCUT2D eigenvalue weighted by Crippen LogP contribution is -2.60. The Balaban J connectivity index is 1.43. The van der Waals surface area contributed by atoms with Crippen LogP contribution in [0.1, 0.15) is 23.7 Å². The van der Waals surface area contributed by atoms with E-state index in [4.69, 9.17) is 18.9 Å². The highest BCUT2D eigenvalue weighted by atomic mass is 16.8. The van der Waals surface area contributed by atoms with E-state index in [0.29, 0.717) is 12.0 Å². The number of nitrogens with one attached hydrogen (secondary N) is 2. The van der Waals surface area contributed by atoms with Crippen LogP contribution in [-0.4, -0.2) is 88.6 Å². The van der Waals surface area contributed by atoms with Crippen molar-refractivity contribution >= 4 is 16.9 Å². The summed E-state index contributed by atoms with van der Waals surface area (Å²) in [5.74, 6) is -1.56. The van der Waals surface area contributed by atoms with Gasteiger partial charge in [0.1, 0.15) is 24.4 Å². The molecule has 0 amide bonds. The molecule has 5 rings (SSSR count). The molecule has 38 heavy (non-hydrogen) atoms. The standard InChI is InChI=1S/C27H34N2O9/c1-3-13-16(10-19-21-15(8-9-28-19)14-6-4-5-7-18(14)29-21)17(25(34)35-2)12-36-26(13)38-27-24(33)23(32)22(31)20(11-30)37-27/h3-7,12-13,16,19-20,22-24,26-33H,1,8-11H2,2H3/t13-,16+,19+,20?,22?,23?,24?,26+,27?/m1/s1. The number of benzene rings is 1. The number of aromatic amines is 1. The minimum atomic E-state index is -1.60. The number of aliphatic hydroxyl groups excluding tert-OH is 4. The number of carbonyl (C=O) groups is 1. The zero-order chi connectivity index (χ0) is 27.0. The van der Waals surface area contributed by atoms with Crippen LogP contribution >= 0.6 is 0 Å². The fraction of sp³-hybridized carbons (Fsp3) is 0.519. The molecule has 1 aromatic heterocycles. The third-order valence-corrected chi connectivity index (χ3v) is 7.77. The van der Waals surface area contributed by atoms with E-state index in [0.717, 1.165) is 24.2 Å². The van der Waals surface area contributed by atoms with Crippen molar-refractivity contribution in [2.75, 3.05) is 20.3 Å². The summed E-state index contributed by atoms with van der Waals surface area (Å²) in [4.78, 5) is 16.3. The monoisotopic (exact) mass is 530 g/mol. The van der Waals surface area contributed by atoms with Crippen molar-refractivity contribution in [3.63, 3.8) is 0 Å². The molecule has 11 nitrogen and oxygen atoms in total. The lowest BCUT2D eigenvalue weighted by atomic mass is 9.78. The van der Waals surface area contributed by atoms with Gasteiger partial charge in [-0.15, -0.1) is 6.58 Å². The number of fused-ring (bicyclic) bond motifs is 3. The first kappa shape index (κ1) is 26.8. The summed E-state index contributed by atoms with van der Waals surface area (Å²) in [5, 5.41) is 45.0. The maximum absolute atomic E-state index is 12.7. The predicted octanol–water partition coefficient (Wildman–Crippen LogP) is 0.393. The first-order chi connectivity index (χ1) is 18.4. The number of carbonyl (C=O) groups excluding carboxylic acids is 1. The second kappa shape index (κ2) is 11.1. The van der Waals surface area contributed by atoms with E-state index in [2.05, 4.69) is 22.9 Å². The number of hydrogen-bond donors (Lipinski definition) is 6. The normalized spacial score (nSPS) is 35.2. The zero-order valence-electron chi connectivity index (χ0n) is 21.0. The molecule has 3 aliphatic rings. The average Bonchev–Trinajstić information content (AvgIpc) is 3.33. The summed E-state index contributed by atoms with van der Waals surface area (Å²) in [7, 11) is 1.30. The number of hydrogen-bond acceptors (Lipinski definition) is 10. The maximum Gasteiger partial charge on any atom is 0.337 e. The number of H-pyrrole nitrogens is 1. The van der Waals surface area contributed by atoms with Crippen molar-refractivity contribution in [1.82, 2.24) is 10.3 Å². The van der Waals surface area contributed by atoms with Gasteiger partial charge in [-0.3, -0.25) is 0 Å². The van der Waals surface area contributed by atoms with Gasteiger partial charge < -0.3 is 49.7 Å². The number of ether oxygens (including phenoxy) is 4. The number of aliphatic hydroxyl groups is 4. The average molecular weight is 531 g/mol. The van der Waals surface area contributed by atoms with Gasteiger partial charge in [-0.2, -0.15) is 0 Å². The Bertz CT molecular complexity index is 1190. The Morgan fingerprint density at radius 3 is 2.71 bits per heavy atom. The molecule has 0 bridgehead atoms. The molecule has 1 saturated heterocycles. The molecular formula is C27H34N2O9. The van der Waals surface area contributed by atoms with Crippen LogP contribution in [0.15, 0.2) is 48.8 Å². The van der Waals surface area contributed by atoms with Crippen LogP contribution in [0.3, 0.4) is 0 Å². The highest BCUT2D eigenvalue weighted by Gasteiger charge is 2.48. The van der Waals surface area contributed by atoms with E-state index in [1.165, 1.54) is 24.3 Å². The lowest BCUT2D eigenvalue weighted by Gasteiger charge is -2.43. The molecule has 6 N–H and O–H groups in total. The molecule has 0 radical (unpaired) electrons. The topological polar surface area (TPSA) is 163 Å². The smallest absolute Gasteiger partial charge is 0.337 e. The van der Waals surface area contributed by atoms with Gasteiger partial charge in [0, 0.05) is 34.5 Å². The number of aromatic nitrogens is 1. The van der Waals surface area contributed by atoms with E-state index in [1.54, 1.807) is 6.08 Å². The Kier molecular flexibility index (Phi) is 7.87. The van der Waals surface area contributed by atoms with Crippen molar-refractivity contribution in [2.24, 2.45) is 11.8 Å². The number of methoxy groups -OCH3 is 1. The summed E-state index contributed by atoms with van der Waals surface area (Å²) in [6.07, 6.45) is -4.03. The van der Waals surface area contributed by atoms with Gasteiger partial charge in [0.05, 0.1) is 25.6 Å². The quantitative estimate of drug-likeness (QED) is 0.218. The predicted molar refractivity (Wildman–Crippen MR) is 134 cm³/mol. The lowest BCUT2D eigenvalue weighted by molar-refractivity contribution is -0.339. The molecule has 1 fully saturated rings. The van der Waals surface area contributed by atoms with Crippen LogP contribution in [-0.2, 0) is 30.2 Å². The van der Waals surface area contributed by atoms with Crippen LogP contribution < -0.4 is 5.32 Å². The minimum absolute atomic E-state index is 0.113. The number of para-hydroxylation sites is 1. The number of rotatable bonds is 7. The Labute approximate surface area is 219 Å². The van der Waals surface area contributed by atoms with Gasteiger partial charge in [-0.25, -0.2) is 4.79 Å². The van der Waals surface area contributed by atoms with Gasteiger partial charge in [-0.05, 0) is 31.0 Å². The van der Waals surface area contributed by atoms with Crippen molar-refractivity contribution < 1.29 is 44.2 Å². The molecule has 206 valence electrons. The van der Waals surface area contributed by atoms with Gasteiger partial charge >= 0.3 is 5.97 Å². The van der Waals surface area contributed by atoms with Gasteiger partial charge in [0.25, 0.3) is 0 Å². The molecule has 1 aromatic carbocycles. The van der Waals surface area contributed by atoms with Crippen molar-refractivity contribution in [1.29, 1.82) is 0 Å². The minimum Gasteiger partial charge on any atom is -0.471 e. The van der Waals surface area contributed by atoms with E-state index in [9.17, 15) is 25.2 Å². The van der Waals surface area contributed by atoms with Crippen molar-refractivity contribution in [2.45, 2.75) is 55.9 Å². The van der Waals surface area contributed by atoms with E-state index in [-0.39, 0.29) is 6.04 Å². The summed E-state index contributed by atoms with van der Waals surface area (Å²) >= 11 is 0. The van der Waals surface area contributed by atoms with Gasteiger partial charge in [0.2, 0.25) is 6.29 Å². The maximum atomic E-state index is 12.7. The van der Waals surface area contributed by atoms with E-state index >= 15 is 0 Å². The molecule has 4 heterocycles. The molecule has 11 heteroatoms. The fourth-order valence-corrected chi connectivity index (χ4v) is 5.74. The molecule has 0 spiro atoms. The molecule has 3 aliphatic heterocycles. The molecular weight excluding hydrogens is 496 g/mol. The highest BCUT2D eigenvalue weighted by molar-refractivity contribution is 5.89. The van der Waals surface area contributed by atoms with Crippen LogP contribution in [0.2, 0.25) is 0 Å². The zero-order valence-corrected chi connectivity index (χ0v) is 21.0. The third-order valence-electron chi connectivity index (χ3n) is 7.77. The molecule has 0 aliphatic carbocycles. The highest BCUT2D eigenvalue weighted by Crippen LogP contribution is 2.42. The SMILES string of the molecule is C=C[C@H]1[C@H](OC2OC(CO)C(O)C(O)C2O)OC=C(C(=O)OC)[C@H]1C[C@@H]1NCCc2c1[nH]c1ccccc21. The Morgan fingerprint density at radius 1 is 1.18 bits per heavy atom. The Hall–Kier alpha value is -2.77. The summed E-state index contributed by atoms with van der Waals surface area (Å²) in [5.41, 5.74) is 3.66. The first-order valence-electron chi connectivity index (χ1n) is 12.7. The van der Waals surface area contributed by atoms with Crippen LogP contribution in [0.25, 0.3) is 10.9 Å². The van der Waals surface area contributed by atoms with Crippen LogP contribution in [0, 0.1) is 11.8 Å². The number of esters is 1. The molecule has 2 aromatic rings. The Morgan fingerprint density at radius 2 is 1.97 bits per heavy atom. The van der Waals surface area contributed by atoms with Gasteiger partial charge in [-0.1, -0.05) is 24.3 Å². The molecule has 9 atom stereocenters. The summed E-state index contributed by atoms with van der Waals surface area (Å²) < 4.78 is 22.2. The van der Waals surface area contributed by atoms with Gasteiger partial charge in [0.15, 0.2) is 6.29 Å². The molecule has 5 unspecified atom stereocenters. The third kappa shape index (κ3) is 4.75. The van der Waals surface area contributed by atoms with Crippen molar-refractivity contribution in [3.05, 3.63) is 60.0 Å². The first-order valence-corrected chi connectivity index (χ1v) is 12.7. The molecule has 0 saturated carbocycles. The second-order valence-electron chi connectivity index (χ2n) is 9.88. The second-order valence-corrected chi connectivity index (χ2v) is 9.88. The summed E-state index contributed by atoms with van der Waals surface area (Å²) in [6.45, 7) is 4.13. The largest absolute Gasteiger partial charge is 0.471 e. The van der Waals surface area contributed by atoms with Crippen molar-refractivity contribution in [3.8, 4) is 0 Å². The summed E-state index contributed by atoms with van der Waals surface area (Å²) in [6, 6.07) is 8.02. The van der Waals surface area contributed by atoms with Crippen LogP contribution in [0.4, 0.5) is 0 Å². The van der Waals surface area contributed by atoms with Crippen LogP contribution in [0.5, 0.6) is 0 Å².